The zero-order valence-electron chi connectivity index (χ0n) is 16.9. The summed E-state index contributed by atoms with van der Waals surface area (Å²) in [4.78, 5) is 27.4. The number of hydrogen-bond acceptors (Lipinski definition) is 7. The molecule has 9 nitrogen and oxygen atoms in total. The number of nitrogens with zero attached hydrogens (tertiary/aromatic N) is 4. The first-order valence-electron chi connectivity index (χ1n) is 9.73. The monoisotopic (exact) mass is 478 g/mol. The highest BCUT2D eigenvalue weighted by molar-refractivity contribution is 7.93. The third kappa shape index (κ3) is 5.80. The molecule has 2 aromatic heterocycles. The fourth-order valence-corrected chi connectivity index (χ4v) is 4.14. The van der Waals surface area contributed by atoms with Gasteiger partial charge < -0.3 is 5.32 Å². The van der Waals surface area contributed by atoms with E-state index in [1.165, 1.54) is 42.7 Å². The van der Waals surface area contributed by atoms with E-state index in [4.69, 9.17) is 0 Å². The van der Waals surface area contributed by atoms with Crippen LogP contribution in [0.2, 0.25) is 0 Å². The summed E-state index contributed by atoms with van der Waals surface area (Å²) in [6.07, 6.45) is -0.337. The van der Waals surface area contributed by atoms with Crippen molar-refractivity contribution in [2.45, 2.75) is 30.7 Å². The van der Waals surface area contributed by atoms with Gasteiger partial charge in [-0.1, -0.05) is 12.1 Å². The summed E-state index contributed by atoms with van der Waals surface area (Å²) in [6.45, 7) is 0. The molecule has 1 fully saturated rings. The number of rotatable bonds is 7. The van der Waals surface area contributed by atoms with E-state index in [9.17, 15) is 26.4 Å². The first-order chi connectivity index (χ1) is 15.6. The van der Waals surface area contributed by atoms with Crippen LogP contribution in [0.5, 0.6) is 0 Å². The molecule has 4 rings (SSSR count). The van der Waals surface area contributed by atoms with Gasteiger partial charge in [0.2, 0.25) is 21.9 Å². The van der Waals surface area contributed by atoms with Gasteiger partial charge in [0.1, 0.15) is 0 Å². The highest BCUT2D eigenvalue weighted by atomic mass is 32.2. The SMILES string of the molecule is O=C(Cc1ccnc(NS(=O)(=O)C2CC2)n1)Nc1ccc(-c2cncc(C(F)(F)F)n2)cc1. The van der Waals surface area contributed by atoms with Crippen LogP contribution in [-0.2, 0) is 27.4 Å². The van der Waals surface area contributed by atoms with Crippen LogP contribution in [-0.4, -0.2) is 39.5 Å². The van der Waals surface area contributed by atoms with Gasteiger partial charge in [-0.25, -0.2) is 23.4 Å². The Morgan fingerprint density at radius 2 is 1.79 bits per heavy atom. The van der Waals surface area contributed by atoms with E-state index in [-0.39, 0.29) is 18.1 Å². The summed E-state index contributed by atoms with van der Waals surface area (Å²) in [7, 11) is -3.52. The van der Waals surface area contributed by atoms with Crippen molar-refractivity contribution in [1.82, 2.24) is 19.9 Å². The normalized spacial score (nSPS) is 14.0. The van der Waals surface area contributed by atoms with Crippen LogP contribution in [0, 0.1) is 0 Å². The lowest BCUT2D eigenvalue weighted by Gasteiger charge is -2.09. The molecule has 2 N–H and O–H groups in total. The van der Waals surface area contributed by atoms with Gasteiger partial charge in [-0.3, -0.25) is 14.5 Å². The number of hydrogen-bond donors (Lipinski definition) is 2. The number of benzene rings is 1. The molecule has 0 atom stereocenters. The summed E-state index contributed by atoms with van der Waals surface area (Å²) >= 11 is 0. The number of nitrogens with one attached hydrogen (secondary N) is 2. The lowest BCUT2D eigenvalue weighted by molar-refractivity contribution is -0.141. The highest BCUT2D eigenvalue weighted by Crippen LogP contribution is 2.30. The summed E-state index contributed by atoms with van der Waals surface area (Å²) in [6, 6.07) is 7.54. The van der Waals surface area contributed by atoms with E-state index in [1.807, 2.05) is 0 Å². The summed E-state index contributed by atoms with van der Waals surface area (Å²) in [5, 5.41) is 2.21. The molecular weight excluding hydrogens is 461 g/mol. The van der Waals surface area contributed by atoms with E-state index >= 15 is 0 Å². The van der Waals surface area contributed by atoms with E-state index in [1.54, 1.807) is 0 Å². The standard InChI is InChI=1S/C20H17F3N6O3S/c21-20(22,23)17-11-24-10-16(28-17)12-1-3-13(4-2-12)26-18(30)9-14-7-8-25-19(27-14)29-33(31,32)15-5-6-15/h1-4,7-8,10-11,15H,5-6,9H2,(H,26,30)(H,25,27,29). The number of amides is 1. The lowest BCUT2D eigenvalue weighted by atomic mass is 10.1. The largest absolute Gasteiger partial charge is 0.434 e. The zero-order valence-corrected chi connectivity index (χ0v) is 17.7. The molecule has 2 heterocycles. The fourth-order valence-electron chi connectivity index (χ4n) is 2.87. The predicted octanol–water partition coefficient (Wildman–Crippen LogP) is 3.04. The number of sulfonamides is 1. The first kappa shape index (κ1) is 22.6. The molecule has 33 heavy (non-hydrogen) atoms. The van der Waals surface area contributed by atoms with Crippen molar-refractivity contribution in [3.05, 3.63) is 60.3 Å². The fraction of sp³-hybridized carbons (Fsp3) is 0.250. The number of carbonyl (C=O) groups excluding carboxylic acids is 1. The second-order valence-corrected chi connectivity index (χ2v) is 9.27. The zero-order chi connectivity index (χ0) is 23.6. The van der Waals surface area contributed by atoms with E-state index in [0.717, 1.165) is 0 Å². The third-order valence-corrected chi connectivity index (χ3v) is 6.46. The molecule has 0 spiro atoms. The minimum Gasteiger partial charge on any atom is -0.326 e. The van der Waals surface area contributed by atoms with Gasteiger partial charge in [0, 0.05) is 17.4 Å². The molecular formula is C20H17F3N6O3S. The molecule has 0 saturated heterocycles. The molecule has 172 valence electrons. The smallest absolute Gasteiger partial charge is 0.326 e. The molecule has 0 unspecified atom stereocenters. The van der Waals surface area contributed by atoms with Crippen LogP contribution in [0.25, 0.3) is 11.3 Å². The lowest BCUT2D eigenvalue weighted by Crippen LogP contribution is -2.20. The molecule has 0 aliphatic heterocycles. The van der Waals surface area contributed by atoms with E-state index in [0.29, 0.717) is 36.0 Å². The van der Waals surface area contributed by atoms with Crippen LogP contribution >= 0.6 is 0 Å². The van der Waals surface area contributed by atoms with Crippen LogP contribution in [0.15, 0.2) is 48.9 Å². The maximum atomic E-state index is 12.8. The Kier molecular flexibility index (Phi) is 5.97. The average molecular weight is 478 g/mol. The number of alkyl halides is 3. The molecule has 3 aromatic rings. The Labute approximate surface area is 186 Å². The number of aromatic nitrogens is 4. The average Bonchev–Trinajstić information content (AvgIpc) is 3.60. The van der Waals surface area contributed by atoms with Gasteiger partial charge in [0.05, 0.1) is 35.5 Å². The number of carbonyl (C=O) groups is 1. The topological polar surface area (TPSA) is 127 Å². The predicted molar refractivity (Wildman–Crippen MR) is 112 cm³/mol. The molecule has 1 saturated carbocycles. The maximum absolute atomic E-state index is 12.8. The minimum atomic E-state index is -4.60. The van der Waals surface area contributed by atoms with Gasteiger partial charge >= 0.3 is 6.18 Å². The van der Waals surface area contributed by atoms with Gasteiger partial charge in [-0.2, -0.15) is 13.2 Å². The number of halogens is 3. The van der Waals surface area contributed by atoms with Crippen LogP contribution in [0.4, 0.5) is 24.8 Å². The number of anilines is 2. The van der Waals surface area contributed by atoms with Crippen molar-refractivity contribution >= 4 is 27.6 Å². The van der Waals surface area contributed by atoms with Gasteiger partial charge in [0.15, 0.2) is 5.69 Å². The molecule has 1 aliphatic carbocycles. The Morgan fingerprint density at radius 1 is 1.06 bits per heavy atom. The minimum absolute atomic E-state index is 0.0462. The highest BCUT2D eigenvalue weighted by Gasteiger charge is 2.36. The maximum Gasteiger partial charge on any atom is 0.434 e. The van der Waals surface area contributed by atoms with Gasteiger partial charge in [-0.15, -0.1) is 0 Å². The summed E-state index contributed by atoms with van der Waals surface area (Å²) in [5.74, 6) is -0.518. The van der Waals surface area contributed by atoms with Gasteiger partial charge in [-0.05, 0) is 31.0 Å². The van der Waals surface area contributed by atoms with Gasteiger partial charge in [0.25, 0.3) is 0 Å². The Bertz CT molecular complexity index is 1280. The Balaban J connectivity index is 1.39. The third-order valence-electron chi connectivity index (χ3n) is 4.64. The second kappa shape index (κ2) is 8.73. The second-order valence-electron chi connectivity index (χ2n) is 7.31. The summed E-state index contributed by atoms with van der Waals surface area (Å²) in [5.41, 5.74) is 0.0696. The van der Waals surface area contributed by atoms with Crippen molar-refractivity contribution in [1.29, 1.82) is 0 Å². The van der Waals surface area contributed by atoms with Crippen molar-refractivity contribution < 1.29 is 26.4 Å². The van der Waals surface area contributed by atoms with Crippen LogP contribution < -0.4 is 10.0 Å². The Hall–Kier alpha value is -3.61. The van der Waals surface area contributed by atoms with Crippen LogP contribution in [0.1, 0.15) is 24.2 Å². The van der Waals surface area contributed by atoms with E-state index in [2.05, 4.69) is 30.0 Å². The molecule has 1 aromatic carbocycles. The summed E-state index contributed by atoms with van der Waals surface area (Å²) < 4.78 is 64.8. The van der Waals surface area contributed by atoms with Crippen molar-refractivity contribution in [3.63, 3.8) is 0 Å². The molecule has 0 bridgehead atoms. The van der Waals surface area contributed by atoms with Crippen molar-refractivity contribution in [2.24, 2.45) is 0 Å². The van der Waals surface area contributed by atoms with Crippen molar-refractivity contribution in [2.75, 3.05) is 10.0 Å². The molecule has 13 heteroatoms. The molecule has 1 amide bonds. The van der Waals surface area contributed by atoms with Crippen molar-refractivity contribution in [3.8, 4) is 11.3 Å². The van der Waals surface area contributed by atoms with E-state index < -0.39 is 33.1 Å². The quantitative estimate of drug-likeness (QED) is 0.534. The van der Waals surface area contributed by atoms with Crippen LogP contribution in [0.3, 0.4) is 0 Å². The Morgan fingerprint density at radius 3 is 2.45 bits per heavy atom. The molecule has 1 aliphatic rings. The first-order valence-corrected chi connectivity index (χ1v) is 11.3. The molecule has 0 radical (unpaired) electrons.